The van der Waals surface area contributed by atoms with E-state index in [1.807, 2.05) is 0 Å². The largest absolute Gasteiger partial charge is 0.306 e. The van der Waals surface area contributed by atoms with Gasteiger partial charge < -0.3 is 4.90 Å². The van der Waals surface area contributed by atoms with Crippen LogP contribution in [0.5, 0.6) is 0 Å². The lowest BCUT2D eigenvalue weighted by Crippen LogP contribution is -2.26. The minimum atomic E-state index is 1.25. The summed E-state index contributed by atoms with van der Waals surface area (Å²) in [7, 11) is 2.20. The van der Waals surface area contributed by atoms with Crippen LogP contribution in [0.1, 0.15) is 26.7 Å². The molecule has 0 spiro atoms. The monoisotopic (exact) mass is 139 g/mol. The van der Waals surface area contributed by atoms with E-state index in [1.54, 1.807) is 5.57 Å². The van der Waals surface area contributed by atoms with Gasteiger partial charge >= 0.3 is 0 Å². The molecule has 0 aliphatic carbocycles. The van der Waals surface area contributed by atoms with E-state index in [0.29, 0.717) is 0 Å². The zero-order valence-electron chi connectivity index (χ0n) is 7.28. The number of allylic oxidation sites excluding steroid dienone is 1. The summed E-state index contributed by atoms with van der Waals surface area (Å²) in [4.78, 5) is 2.40. The third kappa shape index (κ3) is 1.84. The highest BCUT2D eigenvalue weighted by Crippen LogP contribution is 2.17. The average molecular weight is 139 g/mol. The molecule has 10 heavy (non-hydrogen) atoms. The molecular formula is C9H17N. The lowest BCUT2D eigenvalue weighted by molar-refractivity contribution is 0.311. The Kier molecular flexibility index (Phi) is 2.50. The number of nitrogens with zero attached hydrogens (tertiary/aromatic N) is 1. The Labute approximate surface area is 63.7 Å². The van der Waals surface area contributed by atoms with Crippen molar-refractivity contribution in [2.45, 2.75) is 26.7 Å². The van der Waals surface area contributed by atoms with Gasteiger partial charge in [-0.2, -0.15) is 0 Å². The summed E-state index contributed by atoms with van der Waals surface area (Å²) in [5, 5.41) is 0. The highest BCUT2D eigenvalue weighted by molar-refractivity contribution is 5.12. The lowest BCUT2D eigenvalue weighted by Gasteiger charge is -2.24. The quantitative estimate of drug-likeness (QED) is 0.464. The molecule has 1 rings (SSSR count). The van der Waals surface area contributed by atoms with Gasteiger partial charge in [-0.25, -0.2) is 0 Å². The van der Waals surface area contributed by atoms with Crippen LogP contribution in [0.2, 0.25) is 0 Å². The summed E-state index contributed by atoms with van der Waals surface area (Å²) in [6, 6.07) is 0. The van der Waals surface area contributed by atoms with Gasteiger partial charge in [0, 0.05) is 13.1 Å². The first-order chi connectivity index (χ1) is 4.70. The van der Waals surface area contributed by atoms with Crippen molar-refractivity contribution in [2.24, 2.45) is 0 Å². The van der Waals surface area contributed by atoms with Gasteiger partial charge in [0.1, 0.15) is 0 Å². The molecule has 0 unspecified atom stereocenters. The molecule has 0 bridgehead atoms. The molecule has 0 aromatic rings. The van der Waals surface area contributed by atoms with Crippen LogP contribution in [0.4, 0.5) is 0 Å². The second kappa shape index (κ2) is 3.20. The zero-order valence-corrected chi connectivity index (χ0v) is 7.28. The summed E-state index contributed by atoms with van der Waals surface area (Å²) < 4.78 is 0. The van der Waals surface area contributed by atoms with Gasteiger partial charge in [0.25, 0.3) is 0 Å². The van der Waals surface area contributed by atoms with Crippen molar-refractivity contribution < 1.29 is 0 Å². The molecule has 0 saturated carbocycles. The second-order valence-electron chi connectivity index (χ2n) is 3.41. The summed E-state index contributed by atoms with van der Waals surface area (Å²) in [5.74, 6) is 0. The second-order valence-corrected chi connectivity index (χ2v) is 3.41. The third-order valence-corrected chi connectivity index (χ3v) is 2.30. The van der Waals surface area contributed by atoms with E-state index in [9.17, 15) is 0 Å². The van der Waals surface area contributed by atoms with E-state index in [2.05, 4.69) is 25.8 Å². The first kappa shape index (κ1) is 7.80. The molecule has 58 valence electrons. The van der Waals surface area contributed by atoms with Gasteiger partial charge in [-0.05, 0) is 33.7 Å². The van der Waals surface area contributed by atoms with Crippen LogP contribution in [-0.2, 0) is 0 Å². The molecule has 1 aliphatic heterocycles. The van der Waals surface area contributed by atoms with Gasteiger partial charge in [0.05, 0.1) is 0 Å². The summed E-state index contributed by atoms with van der Waals surface area (Å²) in [6.45, 7) is 6.95. The smallest absolute Gasteiger partial charge is 0.00158 e. The first-order valence-corrected chi connectivity index (χ1v) is 4.04. The lowest BCUT2D eigenvalue weighted by atomic mass is 10.0. The van der Waals surface area contributed by atoms with E-state index in [0.717, 1.165) is 0 Å². The maximum atomic E-state index is 2.40. The Balaban J connectivity index is 2.48. The topological polar surface area (TPSA) is 3.24 Å². The molecule has 1 nitrogen and oxygen atoms in total. The molecule has 1 fully saturated rings. The van der Waals surface area contributed by atoms with Crippen molar-refractivity contribution in [1.82, 2.24) is 4.90 Å². The van der Waals surface area contributed by atoms with E-state index in [1.165, 1.54) is 31.5 Å². The van der Waals surface area contributed by atoms with Gasteiger partial charge in [-0.3, -0.25) is 0 Å². The van der Waals surface area contributed by atoms with Crippen LogP contribution < -0.4 is 0 Å². The highest BCUT2D eigenvalue weighted by Gasteiger charge is 2.09. The number of hydrogen-bond acceptors (Lipinski definition) is 1. The highest BCUT2D eigenvalue weighted by atomic mass is 15.1. The fraction of sp³-hybridized carbons (Fsp3) is 0.778. The molecule has 0 aromatic heterocycles. The number of piperidine rings is 1. The maximum absolute atomic E-state index is 2.40. The fourth-order valence-electron chi connectivity index (χ4n) is 1.39. The van der Waals surface area contributed by atoms with Crippen LogP contribution in [-0.4, -0.2) is 25.0 Å². The molecule has 0 atom stereocenters. The van der Waals surface area contributed by atoms with Gasteiger partial charge in [0.2, 0.25) is 0 Å². The third-order valence-electron chi connectivity index (χ3n) is 2.30. The van der Waals surface area contributed by atoms with Crippen molar-refractivity contribution in [3.8, 4) is 0 Å². The van der Waals surface area contributed by atoms with E-state index >= 15 is 0 Å². The fourth-order valence-corrected chi connectivity index (χ4v) is 1.39. The normalized spacial score (nSPS) is 21.3. The van der Waals surface area contributed by atoms with E-state index in [-0.39, 0.29) is 0 Å². The van der Waals surface area contributed by atoms with Crippen LogP contribution in [0.25, 0.3) is 0 Å². The van der Waals surface area contributed by atoms with Gasteiger partial charge in [0.15, 0.2) is 0 Å². The van der Waals surface area contributed by atoms with E-state index in [4.69, 9.17) is 0 Å². The van der Waals surface area contributed by atoms with Crippen molar-refractivity contribution in [3.63, 3.8) is 0 Å². The van der Waals surface area contributed by atoms with Crippen molar-refractivity contribution in [1.29, 1.82) is 0 Å². The molecule has 0 radical (unpaired) electrons. The summed E-state index contributed by atoms with van der Waals surface area (Å²) in [6.07, 6.45) is 2.58. The van der Waals surface area contributed by atoms with E-state index < -0.39 is 0 Å². The van der Waals surface area contributed by atoms with Crippen molar-refractivity contribution >= 4 is 0 Å². The molecule has 1 heteroatoms. The molecule has 1 heterocycles. The summed E-state index contributed by atoms with van der Waals surface area (Å²) >= 11 is 0. The zero-order chi connectivity index (χ0) is 7.56. The Morgan fingerprint density at radius 3 is 2.10 bits per heavy atom. The molecular weight excluding hydrogens is 122 g/mol. The first-order valence-electron chi connectivity index (χ1n) is 4.04. The average Bonchev–Trinajstić information content (AvgIpc) is 1.88. The number of likely N-dealkylation sites (tertiary alicyclic amines) is 1. The molecule has 1 aliphatic rings. The predicted molar refractivity (Wildman–Crippen MR) is 45.1 cm³/mol. The van der Waals surface area contributed by atoms with Crippen LogP contribution in [0, 0.1) is 0 Å². The van der Waals surface area contributed by atoms with Crippen molar-refractivity contribution in [3.05, 3.63) is 11.1 Å². The van der Waals surface area contributed by atoms with Crippen LogP contribution in [0.15, 0.2) is 11.1 Å². The standard InChI is InChI=1S/C9H17N/c1-8(2)9-4-6-10(3)7-5-9/h4-7H2,1-3H3. The number of rotatable bonds is 0. The van der Waals surface area contributed by atoms with Gasteiger partial charge in [-0.1, -0.05) is 11.1 Å². The number of hydrogen-bond donors (Lipinski definition) is 0. The minimum Gasteiger partial charge on any atom is -0.306 e. The Bertz CT molecular complexity index is 133. The Morgan fingerprint density at radius 1 is 1.20 bits per heavy atom. The Morgan fingerprint density at radius 2 is 1.70 bits per heavy atom. The molecule has 0 aromatic carbocycles. The minimum absolute atomic E-state index is 1.25. The van der Waals surface area contributed by atoms with Crippen molar-refractivity contribution in [2.75, 3.05) is 20.1 Å². The predicted octanol–water partition coefficient (Wildman–Crippen LogP) is 2.05. The van der Waals surface area contributed by atoms with Crippen LogP contribution in [0.3, 0.4) is 0 Å². The molecule has 0 N–H and O–H groups in total. The van der Waals surface area contributed by atoms with Crippen LogP contribution >= 0.6 is 0 Å². The molecule has 1 saturated heterocycles. The SMILES string of the molecule is CC(C)=C1CCN(C)CC1. The summed E-state index contributed by atoms with van der Waals surface area (Å²) in [5.41, 5.74) is 3.21. The molecule has 0 amide bonds. The van der Waals surface area contributed by atoms with Gasteiger partial charge in [-0.15, -0.1) is 0 Å². The maximum Gasteiger partial charge on any atom is 0.00158 e. The Hall–Kier alpha value is -0.300.